The molecule has 1 fully saturated rings. The van der Waals surface area contributed by atoms with Gasteiger partial charge in [0.15, 0.2) is 5.17 Å². The molecular weight excluding hydrogens is 414 g/mol. The van der Waals surface area contributed by atoms with Gasteiger partial charge in [-0.2, -0.15) is 0 Å². The van der Waals surface area contributed by atoms with E-state index in [1.165, 1.54) is 18.9 Å². The second-order valence-corrected chi connectivity index (χ2v) is 8.75. The van der Waals surface area contributed by atoms with Crippen molar-refractivity contribution in [3.8, 4) is 0 Å². The van der Waals surface area contributed by atoms with Crippen molar-refractivity contribution in [3.05, 3.63) is 57.8 Å². The Morgan fingerprint density at radius 1 is 1.35 bits per heavy atom. The molecule has 7 nitrogen and oxygen atoms in total. The highest BCUT2D eigenvalue weighted by molar-refractivity contribution is 8.16. The molecule has 3 aliphatic rings. The maximum Gasteiger partial charge on any atom is 0.338 e. The number of aryl methyl sites for hydroxylation is 1. The number of nitrogens with zero attached hydrogens (tertiary/aromatic N) is 2. The van der Waals surface area contributed by atoms with E-state index in [0.29, 0.717) is 17.8 Å². The zero-order valence-corrected chi connectivity index (χ0v) is 18.8. The molecule has 1 amide bonds. The molecule has 4 rings (SSSR count). The summed E-state index contributed by atoms with van der Waals surface area (Å²) >= 11 is 1.47. The predicted molar refractivity (Wildman–Crippen MR) is 120 cm³/mol. The highest BCUT2D eigenvalue weighted by Gasteiger charge is 2.41. The Kier molecular flexibility index (Phi) is 6.48. The summed E-state index contributed by atoms with van der Waals surface area (Å²) in [5.41, 5.74) is 3.99. The van der Waals surface area contributed by atoms with Gasteiger partial charge in [0.05, 0.1) is 36.9 Å². The average Bonchev–Trinajstić information content (AvgIpc) is 3.41. The standard InChI is InChI=1S/C23H27N3O4S/c1-14-6-4-7-16(10-14)21-20(22(28)29-3)15(2)25-23-26(21)17(13-31-23)11-19(27)24-12-18-8-5-9-30-18/h4,6-7,10,13,18,21H,5,8-9,11-12H2,1-3H3,(H,24,27). The quantitative estimate of drug-likeness (QED) is 0.682. The molecule has 0 saturated carbocycles. The summed E-state index contributed by atoms with van der Waals surface area (Å²) in [6.45, 7) is 5.13. The van der Waals surface area contributed by atoms with E-state index in [0.717, 1.165) is 41.4 Å². The highest BCUT2D eigenvalue weighted by Crippen LogP contribution is 2.44. The number of methoxy groups -OCH3 is 1. The van der Waals surface area contributed by atoms with Gasteiger partial charge >= 0.3 is 5.97 Å². The van der Waals surface area contributed by atoms with Crippen molar-refractivity contribution in [2.45, 2.75) is 45.3 Å². The van der Waals surface area contributed by atoms with Crippen LogP contribution in [-0.2, 0) is 19.1 Å². The third-order valence-corrected chi connectivity index (χ3v) is 6.55. The van der Waals surface area contributed by atoms with Gasteiger partial charge in [0, 0.05) is 18.8 Å². The molecule has 31 heavy (non-hydrogen) atoms. The van der Waals surface area contributed by atoms with Gasteiger partial charge in [-0.3, -0.25) is 4.79 Å². The number of amides is 1. The molecule has 3 aliphatic heterocycles. The van der Waals surface area contributed by atoms with E-state index in [2.05, 4.69) is 16.4 Å². The van der Waals surface area contributed by atoms with Crippen LogP contribution in [0.25, 0.3) is 0 Å². The number of amidine groups is 1. The van der Waals surface area contributed by atoms with E-state index >= 15 is 0 Å². The van der Waals surface area contributed by atoms with Gasteiger partial charge in [0.1, 0.15) is 0 Å². The molecule has 0 aromatic heterocycles. The molecule has 2 atom stereocenters. The average molecular weight is 442 g/mol. The Morgan fingerprint density at radius 2 is 2.19 bits per heavy atom. The fourth-order valence-electron chi connectivity index (χ4n) is 4.16. The van der Waals surface area contributed by atoms with Crippen LogP contribution in [0.4, 0.5) is 0 Å². The summed E-state index contributed by atoms with van der Waals surface area (Å²) in [5, 5.41) is 5.69. The number of benzene rings is 1. The van der Waals surface area contributed by atoms with Crippen LogP contribution >= 0.6 is 11.8 Å². The minimum Gasteiger partial charge on any atom is -0.466 e. The van der Waals surface area contributed by atoms with Gasteiger partial charge in [0.2, 0.25) is 5.91 Å². The number of fused-ring (bicyclic) bond motifs is 1. The van der Waals surface area contributed by atoms with Gasteiger partial charge < -0.3 is 19.7 Å². The van der Waals surface area contributed by atoms with Crippen molar-refractivity contribution in [1.82, 2.24) is 10.2 Å². The summed E-state index contributed by atoms with van der Waals surface area (Å²) in [5.74, 6) is -0.483. The largest absolute Gasteiger partial charge is 0.466 e. The van der Waals surface area contributed by atoms with Crippen LogP contribution in [0.15, 0.2) is 51.6 Å². The van der Waals surface area contributed by atoms with E-state index in [1.54, 1.807) is 0 Å². The second-order valence-electron chi connectivity index (χ2n) is 7.91. The van der Waals surface area contributed by atoms with E-state index in [4.69, 9.17) is 9.47 Å². The first-order chi connectivity index (χ1) is 15.0. The number of hydrogen-bond acceptors (Lipinski definition) is 7. The lowest BCUT2D eigenvalue weighted by molar-refractivity contribution is -0.136. The van der Waals surface area contributed by atoms with Crippen molar-refractivity contribution < 1.29 is 19.1 Å². The van der Waals surface area contributed by atoms with Crippen molar-refractivity contribution in [1.29, 1.82) is 0 Å². The SMILES string of the molecule is COC(=O)C1=C(C)N=C2SC=C(CC(=O)NCC3CCCO3)N2C1c1cccc(C)c1. The fourth-order valence-corrected chi connectivity index (χ4v) is 5.12. The molecule has 8 heteroatoms. The predicted octanol–water partition coefficient (Wildman–Crippen LogP) is 3.43. The number of thioether (sulfide) groups is 1. The molecule has 1 saturated heterocycles. The summed E-state index contributed by atoms with van der Waals surface area (Å²) in [6, 6.07) is 7.65. The van der Waals surface area contributed by atoms with Crippen LogP contribution in [0.3, 0.4) is 0 Å². The van der Waals surface area contributed by atoms with Crippen molar-refractivity contribution in [2.24, 2.45) is 4.99 Å². The topological polar surface area (TPSA) is 80.2 Å². The van der Waals surface area contributed by atoms with Gasteiger partial charge in [-0.15, -0.1) is 0 Å². The lowest BCUT2D eigenvalue weighted by atomic mass is 9.93. The number of carbonyl (C=O) groups excluding carboxylic acids is 2. The van der Waals surface area contributed by atoms with E-state index in [1.807, 2.05) is 42.4 Å². The smallest absolute Gasteiger partial charge is 0.338 e. The molecule has 0 bridgehead atoms. The van der Waals surface area contributed by atoms with Gasteiger partial charge in [-0.1, -0.05) is 41.6 Å². The van der Waals surface area contributed by atoms with Crippen molar-refractivity contribution in [2.75, 3.05) is 20.3 Å². The first-order valence-corrected chi connectivity index (χ1v) is 11.3. The van der Waals surface area contributed by atoms with E-state index < -0.39 is 12.0 Å². The van der Waals surface area contributed by atoms with Crippen LogP contribution in [0.1, 0.15) is 43.4 Å². The summed E-state index contributed by atoms with van der Waals surface area (Å²) in [4.78, 5) is 32.0. The third kappa shape index (κ3) is 4.55. The molecule has 0 aliphatic carbocycles. The summed E-state index contributed by atoms with van der Waals surface area (Å²) in [7, 11) is 1.38. The number of ether oxygens (including phenoxy) is 2. The molecule has 0 radical (unpaired) electrons. The molecule has 164 valence electrons. The number of hydrogen-bond donors (Lipinski definition) is 1. The molecule has 1 aromatic rings. The molecule has 1 N–H and O–H groups in total. The molecular formula is C23H27N3O4S. The number of nitrogens with one attached hydrogen (secondary N) is 1. The Labute approximate surface area is 186 Å². The van der Waals surface area contributed by atoms with Crippen molar-refractivity contribution in [3.63, 3.8) is 0 Å². The van der Waals surface area contributed by atoms with Gasteiger partial charge in [0.25, 0.3) is 0 Å². The van der Waals surface area contributed by atoms with Gasteiger partial charge in [-0.05, 0) is 37.7 Å². The molecule has 0 spiro atoms. The first-order valence-electron chi connectivity index (χ1n) is 10.5. The third-order valence-electron chi connectivity index (χ3n) is 5.66. The number of esters is 1. The molecule has 2 unspecified atom stereocenters. The zero-order valence-electron chi connectivity index (χ0n) is 18.0. The Balaban J connectivity index is 1.60. The van der Waals surface area contributed by atoms with Gasteiger partial charge in [-0.25, -0.2) is 9.79 Å². The minimum absolute atomic E-state index is 0.0718. The van der Waals surface area contributed by atoms with Crippen molar-refractivity contribution >= 4 is 28.8 Å². The van der Waals surface area contributed by atoms with Crippen LogP contribution in [0.5, 0.6) is 0 Å². The van der Waals surface area contributed by atoms with Crippen LogP contribution in [0, 0.1) is 6.92 Å². The minimum atomic E-state index is -0.411. The Hall–Kier alpha value is -2.58. The Morgan fingerprint density at radius 3 is 2.90 bits per heavy atom. The van der Waals surface area contributed by atoms with E-state index in [9.17, 15) is 9.59 Å². The second kappa shape index (κ2) is 9.28. The lowest BCUT2D eigenvalue weighted by Crippen LogP contribution is -2.38. The number of allylic oxidation sites excluding steroid dienone is 1. The van der Waals surface area contributed by atoms with Crippen LogP contribution in [-0.4, -0.2) is 48.3 Å². The maximum absolute atomic E-state index is 12.7. The fraction of sp³-hybridized carbons (Fsp3) is 0.435. The monoisotopic (exact) mass is 441 g/mol. The van der Waals surface area contributed by atoms with E-state index in [-0.39, 0.29) is 18.4 Å². The first kappa shape index (κ1) is 21.6. The van der Waals surface area contributed by atoms with Crippen LogP contribution in [0.2, 0.25) is 0 Å². The molecule has 3 heterocycles. The zero-order chi connectivity index (χ0) is 22.0. The number of aliphatic imine (C=N–C) groups is 1. The normalized spacial score (nSPS) is 22.7. The highest BCUT2D eigenvalue weighted by atomic mass is 32.2. The lowest BCUT2D eigenvalue weighted by Gasteiger charge is -2.36. The number of rotatable bonds is 6. The number of carbonyl (C=O) groups is 2. The Bertz CT molecular complexity index is 979. The summed E-state index contributed by atoms with van der Waals surface area (Å²) in [6.07, 6.45) is 2.31. The summed E-state index contributed by atoms with van der Waals surface area (Å²) < 4.78 is 10.7. The maximum atomic E-state index is 12.7. The van der Waals surface area contributed by atoms with Crippen LogP contribution < -0.4 is 5.32 Å². The molecule has 1 aromatic carbocycles.